The highest BCUT2D eigenvalue weighted by Crippen LogP contribution is 2.44. The normalized spacial score (nSPS) is 35.8. The van der Waals surface area contributed by atoms with Crippen LogP contribution in [-0.2, 0) is 4.79 Å². The Bertz CT molecular complexity index is 213. The summed E-state index contributed by atoms with van der Waals surface area (Å²) in [7, 11) is 0. The molecular formula is C9H10O. The number of rotatable bonds is 2. The van der Waals surface area contributed by atoms with Crippen LogP contribution < -0.4 is 0 Å². The van der Waals surface area contributed by atoms with Crippen molar-refractivity contribution in [2.45, 2.75) is 12.8 Å². The molecule has 10 heavy (non-hydrogen) atoms. The zero-order valence-electron chi connectivity index (χ0n) is 5.79. The average molecular weight is 134 g/mol. The predicted octanol–water partition coefficient (Wildman–Crippen LogP) is 1.71. The molecule has 0 bridgehead atoms. The molecule has 2 aliphatic rings. The summed E-state index contributed by atoms with van der Waals surface area (Å²) in [4.78, 5) is 10.3. The van der Waals surface area contributed by atoms with E-state index in [1.807, 2.05) is 0 Å². The van der Waals surface area contributed by atoms with Crippen molar-refractivity contribution in [2.75, 3.05) is 0 Å². The fourth-order valence-corrected chi connectivity index (χ4v) is 1.53. The first kappa shape index (κ1) is 5.90. The third-order valence-corrected chi connectivity index (χ3v) is 2.29. The first-order valence-corrected chi connectivity index (χ1v) is 3.72. The third kappa shape index (κ3) is 0.821. The number of hydrogen-bond acceptors (Lipinski definition) is 1. The van der Waals surface area contributed by atoms with E-state index in [4.69, 9.17) is 0 Å². The first-order chi connectivity index (χ1) is 4.92. The van der Waals surface area contributed by atoms with Gasteiger partial charge in [0.2, 0.25) is 0 Å². The fraction of sp³-hybridized carbons (Fsp3) is 0.444. The second-order valence-corrected chi connectivity index (χ2v) is 3.02. The van der Waals surface area contributed by atoms with Crippen molar-refractivity contribution in [3.05, 3.63) is 23.8 Å². The Balaban J connectivity index is 1.98. The van der Waals surface area contributed by atoms with Crippen molar-refractivity contribution >= 4 is 6.29 Å². The summed E-state index contributed by atoms with van der Waals surface area (Å²) in [5.74, 6) is 0.957. The zero-order chi connectivity index (χ0) is 6.97. The summed E-state index contributed by atoms with van der Waals surface area (Å²) in [6.45, 7) is 0. The van der Waals surface area contributed by atoms with Crippen molar-refractivity contribution in [2.24, 2.45) is 11.8 Å². The lowest BCUT2D eigenvalue weighted by Gasteiger charge is -1.94. The average Bonchev–Trinajstić information content (AvgIpc) is 2.56. The molecule has 1 nitrogen and oxygen atoms in total. The van der Waals surface area contributed by atoms with Crippen LogP contribution in [0.1, 0.15) is 12.8 Å². The Morgan fingerprint density at radius 2 is 2.50 bits per heavy atom. The van der Waals surface area contributed by atoms with Crippen LogP contribution >= 0.6 is 0 Å². The molecule has 0 radical (unpaired) electrons. The highest BCUT2D eigenvalue weighted by atomic mass is 16.1. The van der Waals surface area contributed by atoms with Crippen LogP contribution in [0.2, 0.25) is 0 Å². The molecule has 2 atom stereocenters. The van der Waals surface area contributed by atoms with Crippen molar-refractivity contribution in [3.63, 3.8) is 0 Å². The summed E-state index contributed by atoms with van der Waals surface area (Å²) in [6, 6.07) is 0. The maximum atomic E-state index is 10.3. The van der Waals surface area contributed by atoms with E-state index in [1.54, 1.807) is 0 Å². The highest BCUT2D eigenvalue weighted by Gasteiger charge is 2.39. The molecule has 0 saturated heterocycles. The van der Waals surface area contributed by atoms with Gasteiger partial charge >= 0.3 is 0 Å². The number of carbonyl (C=O) groups is 1. The van der Waals surface area contributed by atoms with Gasteiger partial charge in [-0.05, 0) is 18.8 Å². The van der Waals surface area contributed by atoms with Crippen LogP contribution in [0.3, 0.4) is 0 Å². The summed E-state index contributed by atoms with van der Waals surface area (Å²) < 4.78 is 0. The molecule has 0 N–H and O–H groups in total. The number of aldehydes is 1. The predicted molar refractivity (Wildman–Crippen MR) is 39.5 cm³/mol. The minimum atomic E-state index is 0.353. The van der Waals surface area contributed by atoms with Crippen LogP contribution in [0, 0.1) is 11.8 Å². The molecule has 0 aromatic carbocycles. The van der Waals surface area contributed by atoms with Gasteiger partial charge in [-0.25, -0.2) is 0 Å². The lowest BCUT2D eigenvalue weighted by atomic mass is 10.1. The SMILES string of the molecule is O=CC1CC1C1=CC=CC1. The van der Waals surface area contributed by atoms with Gasteiger partial charge < -0.3 is 4.79 Å². The van der Waals surface area contributed by atoms with Gasteiger partial charge in [-0.2, -0.15) is 0 Å². The lowest BCUT2D eigenvalue weighted by Crippen LogP contribution is -1.85. The number of carbonyl (C=O) groups excluding carboxylic acids is 1. The van der Waals surface area contributed by atoms with Gasteiger partial charge in [0.05, 0.1) is 0 Å². The van der Waals surface area contributed by atoms with Gasteiger partial charge in [0, 0.05) is 5.92 Å². The van der Waals surface area contributed by atoms with E-state index in [1.165, 1.54) is 5.57 Å². The summed E-state index contributed by atoms with van der Waals surface area (Å²) >= 11 is 0. The molecule has 0 aromatic heterocycles. The van der Waals surface area contributed by atoms with Gasteiger partial charge in [-0.3, -0.25) is 0 Å². The minimum absolute atomic E-state index is 0.353. The molecule has 2 unspecified atom stereocenters. The standard InChI is InChI=1S/C9H10O/c10-6-8-5-9(8)7-3-1-2-4-7/h1-3,6,8-9H,4-5H2. The highest BCUT2D eigenvalue weighted by molar-refractivity contribution is 5.60. The quantitative estimate of drug-likeness (QED) is 0.525. The molecular weight excluding hydrogens is 124 g/mol. The van der Waals surface area contributed by atoms with Gasteiger partial charge in [0.15, 0.2) is 0 Å². The Morgan fingerprint density at radius 3 is 3.00 bits per heavy atom. The molecule has 1 heteroatoms. The van der Waals surface area contributed by atoms with Gasteiger partial charge in [-0.1, -0.05) is 23.8 Å². The molecule has 0 aliphatic heterocycles. The Hall–Kier alpha value is -0.850. The summed E-state index contributed by atoms with van der Waals surface area (Å²) in [5.41, 5.74) is 1.46. The zero-order valence-corrected chi connectivity index (χ0v) is 5.79. The minimum Gasteiger partial charge on any atom is -0.303 e. The number of allylic oxidation sites excluding steroid dienone is 4. The maximum Gasteiger partial charge on any atom is 0.123 e. The molecule has 2 aliphatic carbocycles. The Kier molecular flexibility index (Phi) is 1.23. The van der Waals surface area contributed by atoms with Gasteiger partial charge in [0.25, 0.3) is 0 Å². The van der Waals surface area contributed by atoms with Gasteiger partial charge in [0.1, 0.15) is 6.29 Å². The van der Waals surface area contributed by atoms with Gasteiger partial charge in [-0.15, -0.1) is 0 Å². The van der Waals surface area contributed by atoms with E-state index in [2.05, 4.69) is 18.2 Å². The molecule has 0 heterocycles. The summed E-state index contributed by atoms with van der Waals surface area (Å²) in [6.07, 6.45) is 9.63. The topological polar surface area (TPSA) is 17.1 Å². The second kappa shape index (κ2) is 2.08. The van der Waals surface area contributed by atoms with Crippen molar-refractivity contribution in [1.82, 2.24) is 0 Å². The van der Waals surface area contributed by atoms with E-state index < -0.39 is 0 Å². The van der Waals surface area contributed by atoms with Crippen LogP contribution in [0.15, 0.2) is 23.8 Å². The molecule has 1 fully saturated rings. The molecule has 52 valence electrons. The first-order valence-electron chi connectivity index (χ1n) is 3.72. The van der Waals surface area contributed by atoms with Crippen molar-refractivity contribution in [1.29, 1.82) is 0 Å². The molecule has 2 rings (SSSR count). The van der Waals surface area contributed by atoms with Crippen molar-refractivity contribution < 1.29 is 4.79 Å². The maximum absolute atomic E-state index is 10.3. The van der Waals surface area contributed by atoms with E-state index in [9.17, 15) is 4.79 Å². The van der Waals surface area contributed by atoms with E-state index in [0.29, 0.717) is 11.8 Å². The fourth-order valence-electron chi connectivity index (χ4n) is 1.53. The van der Waals surface area contributed by atoms with Crippen molar-refractivity contribution in [3.8, 4) is 0 Å². The number of hydrogen-bond donors (Lipinski definition) is 0. The molecule has 0 spiro atoms. The van der Waals surface area contributed by atoms with E-state index >= 15 is 0 Å². The third-order valence-electron chi connectivity index (χ3n) is 2.29. The van der Waals surface area contributed by atoms with Crippen LogP contribution in [0.25, 0.3) is 0 Å². The molecule has 1 saturated carbocycles. The monoisotopic (exact) mass is 134 g/mol. The second-order valence-electron chi connectivity index (χ2n) is 3.02. The van der Waals surface area contributed by atoms with Crippen LogP contribution in [0.4, 0.5) is 0 Å². The molecule has 0 amide bonds. The smallest absolute Gasteiger partial charge is 0.123 e. The van der Waals surface area contributed by atoms with E-state index in [0.717, 1.165) is 19.1 Å². The lowest BCUT2D eigenvalue weighted by molar-refractivity contribution is -0.109. The van der Waals surface area contributed by atoms with Crippen LogP contribution in [-0.4, -0.2) is 6.29 Å². The Morgan fingerprint density at radius 1 is 1.60 bits per heavy atom. The summed E-state index contributed by atoms with van der Waals surface area (Å²) in [5, 5.41) is 0. The van der Waals surface area contributed by atoms with Crippen LogP contribution in [0.5, 0.6) is 0 Å². The van der Waals surface area contributed by atoms with E-state index in [-0.39, 0.29) is 0 Å². The molecule has 0 aromatic rings. The largest absolute Gasteiger partial charge is 0.303 e. The Labute approximate surface area is 60.4 Å².